The fourth-order valence-electron chi connectivity index (χ4n) is 1.18. The van der Waals surface area contributed by atoms with Crippen LogP contribution in [0, 0.1) is 0 Å². The molecule has 0 aromatic heterocycles. The largest absolute Gasteiger partial charge is 0.377 e. The van der Waals surface area contributed by atoms with Crippen molar-refractivity contribution in [3.05, 3.63) is 0 Å². The molecule has 0 aromatic carbocycles. The van der Waals surface area contributed by atoms with E-state index in [2.05, 4.69) is 31.9 Å². The van der Waals surface area contributed by atoms with Crippen molar-refractivity contribution < 1.29 is 4.74 Å². The number of hydrogen-bond donors (Lipinski definition) is 0. The molecular formula is C7H12Br2O. The standard InChI is InChI=1S/C7H12Br2O/c8-4-3-6(9)7-2-1-5-10-7/h6-7H,1-5H2/t6-,7-/m1/s1. The van der Waals surface area contributed by atoms with E-state index in [1.807, 2.05) is 0 Å². The maximum Gasteiger partial charge on any atom is 0.0701 e. The van der Waals surface area contributed by atoms with Crippen molar-refractivity contribution in [3.8, 4) is 0 Å². The molecule has 0 N–H and O–H groups in total. The van der Waals surface area contributed by atoms with E-state index in [1.165, 1.54) is 12.8 Å². The highest BCUT2D eigenvalue weighted by molar-refractivity contribution is 9.10. The summed E-state index contributed by atoms with van der Waals surface area (Å²) < 4.78 is 5.50. The van der Waals surface area contributed by atoms with Gasteiger partial charge in [0.1, 0.15) is 0 Å². The van der Waals surface area contributed by atoms with Crippen molar-refractivity contribution in [2.45, 2.75) is 30.2 Å². The summed E-state index contributed by atoms with van der Waals surface area (Å²) in [4.78, 5) is 0.550. The Morgan fingerprint density at radius 2 is 2.40 bits per heavy atom. The molecule has 60 valence electrons. The lowest BCUT2D eigenvalue weighted by atomic mass is 10.1. The number of alkyl halides is 2. The molecule has 1 fully saturated rings. The Labute approximate surface area is 78.8 Å². The smallest absolute Gasteiger partial charge is 0.0701 e. The van der Waals surface area contributed by atoms with Gasteiger partial charge in [-0.25, -0.2) is 0 Å². The van der Waals surface area contributed by atoms with Crippen LogP contribution in [-0.4, -0.2) is 22.9 Å². The minimum absolute atomic E-state index is 0.470. The van der Waals surface area contributed by atoms with Gasteiger partial charge < -0.3 is 4.74 Å². The monoisotopic (exact) mass is 270 g/mol. The number of rotatable bonds is 3. The second kappa shape index (κ2) is 4.73. The van der Waals surface area contributed by atoms with Gasteiger partial charge in [-0.15, -0.1) is 0 Å². The topological polar surface area (TPSA) is 9.23 Å². The van der Waals surface area contributed by atoms with Crippen LogP contribution in [0.5, 0.6) is 0 Å². The van der Waals surface area contributed by atoms with Crippen molar-refractivity contribution >= 4 is 31.9 Å². The van der Waals surface area contributed by atoms with Crippen molar-refractivity contribution in [2.75, 3.05) is 11.9 Å². The van der Waals surface area contributed by atoms with Crippen LogP contribution < -0.4 is 0 Å². The van der Waals surface area contributed by atoms with Crippen molar-refractivity contribution in [2.24, 2.45) is 0 Å². The fraction of sp³-hybridized carbons (Fsp3) is 1.00. The molecule has 0 spiro atoms. The van der Waals surface area contributed by atoms with E-state index in [1.54, 1.807) is 0 Å². The highest BCUT2D eigenvalue weighted by atomic mass is 79.9. The molecular weight excluding hydrogens is 260 g/mol. The zero-order valence-electron chi connectivity index (χ0n) is 5.85. The molecule has 0 unspecified atom stereocenters. The third-order valence-corrected chi connectivity index (χ3v) is 3.26. The lowest BCUT2D eigenvalue weighted by molar-refractivity contribution is 0.110. The van der Waals surface area contributed by atoms with Gasteiger partial charge in [-0.2, -0.15) is 0 Å². The molecule has 0 aliphatic carbocycles. The van der Waals surface area contributed by atoms with Crippen molar-refractivity contribution in [1.82, 2.24) is 0 Å². The minimum atomic E-state index is 0.470. The van der Waals surface area contributed by atoms with Gasteiger partial charge in [0.15, 0.2) is 0 Å². The summed E-state index contributed by atoms with van der Waals surface area (Å²) in [6.45, 7) is 0.953. The van der Waals surface area contributed by atoms with E-state index in [-0.39, 0.29) is 0 Å². The normalized spacial score (nSPS) is 28.8. The van der Waals surface area contributed by atoms with E-state index in [0.717, 1.165) is 18.4 Å². The maximum absolute atomic E-state index is 5.50. The first-order valence-corrected chi connectivity index (χ1v) is 5.70. The van der Waals surface area contributed by atoms with Crippen molar-refractivity contribution in [3.63, 3.8) is 0 Å². The summed E-state index contributed by atoms with van der Waals surface area (Å²) >= 11 is 7.02. The van der Waals surface area contributed by atoms with Crippen LogP contribution in [0.25, 0.3) is 0 Å². The quantitative estimate of drug-likeness (QED) is 0.718. The third-order valence-electron chi connectivity index (χ3n) is 1.75. The van der Waals surface area contributed by atoms with Crippen LogP contribution in [0.1, 0.15) is 19.3 Å². The zero-order chi connectivity index (χ0) is 7.40. The maximum atomic E-state index is 5.50. The van der Waals surface area contributed by atoms with Gasteiger partial charge in [-0.3, -0.25) is 0 Å². The molecule has 10 heavy (non-hydrogen) atoms. The van der Waals surface area contributed by atoms with Crippen LogP contribution in [0.4, 0.5) is 0 Å². The average Bonchev–Trinajstić information content (AvgIpc) is 2.38. The van der Waals surface area contributed by atoms with E-state index in [4.69, 9.17) is 4.74 Å². The van der Waals surface area contributed by atoms with Gasteiger partial charge in [0.25, 0.3) is 0 Å². The molecule has 1 aliphatic heterocycles. The van der Waals surface area contributed by atoms with Crippen molar-refractivity contribution in [1.29, 1.82) is 0 Å². The molecule has 0 amide bonds. The summed E-state index contributed by atoms with van der Waals surface area (Å²) in [5.41, 5.74) is 0. The molecule has 0 radical (unpaired) electrons. The Morgan fingerprint density at radius 1 is 1.60 bits per heavy atom. The van der Waals surface area contributed by atoms with Crippen LogP contribution in [0.3, 0.4) is 0 Å². The highest BCUT2D eigenvalue weighted by Gasteiger charge is 2.22. The second-order valence-corrected chi connectivity index (χ2v) is 4.51. The zero-order valence-corrected chi connectivity index (χ0v) is 9.03. The van der Waals surface area contributed by atoms with Crippen LogP contribution >= 0.6 is 31.9 Å². The first kappa shape index (κ1) is 9.01. The minimum Gasteiger partial charge on any atom is -0.377 e. The second-order valence-electron chi connectivity index (χ2n) is 2.55. The highest BCUT2D eigenvalue weighted by Crippen LogP contribution is 2.23. The van der Waals surface area contributed by atoms with Gasteiger partial charge in [0, 0.05) is 16.8 Å². The Morgan fingerprint density at radius 3 is 2.90 bits per heavy atom. The number of hydrogen-bond acceptors (Lipinski definition) is 1. The molecule has 3 heteroatoms. The summed E-state index contributed by atoms with van der Waals surface area (Å²) in [7, 11) is 0. The Bertz CT molecular complexity index is 91.6. The molecule has 0 bridgehead atoms. The molecule has 1 aliphatic rings. The summed E-state index contributed by atoms with van der Waals surface area (Å²) in [6, 6.07) is 0. The molecule has 1 heterocycles. The van der Waals surface area contributed by atoms with E-state index < -0.39 is 0 Å². The lowest BCUT2D eigenvalue weighted by Gasteiger charge is -2.14. The van der Waals surface area contributed by atoms with E-state index in [0.29, 0.717) is 10.9 Å². The van der Waals surface area contributed by atoms with Gasteiger partial charge in [-0.1, -0.05) is 31.9 Å². The van der Waals surface area contributed by atoms with Gasteiger partial charge >= 0.3 is 0 Å². The molecule has 0 aromatic rings. The van der Waals surface area contributed by atoms with Gasteiger partial charge in [0.2, 0.25) is 0 Å². The first-order valence-electron chi connectivity index (χ1n) is 3.66. The Balaban J connectivity index is 2.18. The molecule has 0 saturated carbocycles. The Kier molecular flexibility index (Phi) is 4.26. The average molecular weight is 272 g/mol. The SMILES string of the molecule is BrCC[C@@H](Br)[C@H]1CCCO1. The van der Waals surface area contributed by atoms with Crippen LogP contribution in [0.2, 0.25) is 0 Å². The summed E-state index contributed by atoms with van der Waals surface area (Å²) in [5, 5.41) is 1.06. The molecule has 1 saturated heterocycles. The van der Waals surface area contributed by atoms with Gasteiger partial charge in [0.05, 0.1) is 6.10 Å². The van der Waals surface area contributed by atoms with Crippen LogP contribution in [-0.2, 0) is 4.74 Å². The summed E-state index contributed by atoms with van der Waals surface area (Å²) in [6.07, 6.45) is 4.08. The van der Waals surface area contributed by atoms with Gasteiger partial charge in [-0.05, 0) is 19.3 Å². The lowest BCUT2D eigenvalue weighted by Crippen LogP contribution is -2.19. The summed E-state index contributed by atoms with van der Waals surface area (Å²) in [5.74, 6) is 0. The molecule has 1 rings (SSSR count). The molecule has 1 nitrogen and oxygen atoms in total. The van der Waals surface area contributed by atoms with Crippen LogP contribution in [0.15, 0.2) is 0 Å². The predicted molar refractivity (Wildman–Crippen MR) is 50.1 cm³/mol. The van der Waals surface area contributed by atoms with E-state index >= 15 is 0 Å². The van der Waals surface area contributed by atoms with E-state index in [9.17, 15) is 0 Å². The predicted octanol–water partition coefficient (Wildman–Crippen LogP) is 2.71. The fourth-order valence-corrected chi connectivity index (χ4v) is 2.93. The Hall–Kier alpha value is 0.920. The number of halogens is 2. The molecule has 2 atom stereocenters. The first-order chi connectivity index (χ1) is 4.84. The third kappa shape index (κ3) is 2.51. The number of ether oxygens (including phenoxy) is 1.